The number of aromatic nitrogens is 2. The molecule has 0 aliphatic rings. The minimum absolute atomic E-state index is 0.289. The summed E-state index contributed by atoms with van der Waals surface area (Å²) in [6.45, 7) is 0. The number of nitrogens with zero attached hydrogens (tertiary/aromatic N) is 2. The molecule has 3 heterocycles. The lowest BCUT2D eigenvalue weighted by atomic mass is 10.1. The molecule has 3 aromatic heterocycles. The van der Waals surface area contributed by atoms with Gasteiger partial charge in [-0.15, -0.1) is 22.7 Å². The van der Waals surface area contributed by atoms with Crippen LogP contribution in [0.3, 0.4) is 0 Å². The van der Waals surface area contributed by atoms with Gasteiger partial charge in [0, 0.05) is 22.8 Å². The average molecular weight is 415 g/mol. The second-order valence-electron chi connectivity index (χ2n) is 5.52. The maximum atomic E-state index is 12.3. The summed E-state index contributed by atoms with van der Waals surface area (Å²) in [5, 5.41) is 7.65. The van der Waals surface area contributed by atoms with Crippen molar-refractivity contribution in [2.75, 3.05) is 10.0 Å². The summed E-state index contributed by atoms with van der Waals surface area (Å²) < 4.78 is 27.4. The smallest absolute Gasteiger partial charge is 0.271 e. The Balaban J connectivity index is 1.48. The highest BCUT2D eigenvalue weighted by molar-refractivity contribution is 7.94. The third-order valence-corrected chi connectivity index (χ3v) is 7.15. The first-order valence-electron chi connectivity index (χ1n) is 7.89. The average Bonchev–Trinajstić information content (AvgIpc) is 3.35. The zero-order chi connectivity index (χ0) is 18.7. The molecule has 0 radical (unpaired) electrons. The van der Waals surface area contributed by atoms with Crippen LogP contribution in [0, 0.1) is 0 Å². The zero-order valence-corrected chi connectivity index (χ0v) is 16.3. The van der Waals surface area contributed by atoms with E-state index in [9.17, 15) is 8.42 Å². The number of thiophene rings is 1. The molecule has 2 N–H and O–H groups in total. The van der Waals surface area contributed by atoms with Crippen molar-refractivity contribution in [2.24, 2.45) is 0 Å². The monoisotopic (exact) mass is 414 g/mol. The quantitative estimate of drug-likeness (QED) is 0.473. The van der Waals surface area contributed by atoms with Crippen LogP contribution in [0.2, 0.25) is 0 Å². The Bertz CT molecular complexity index is 1120. The van der Waals surface area contributed by atoms with Gasteiger partial charge < -0.3 is 5.32 Å². The Kier molecular flexibility index (Phi) is 4.88. The molecule has 0 bridgehead atoms. The van der Waals surface area contributed by atoms with Crippen LogP contribution >= 0.6 is 22.7 Å². The Hall–Kier alpha value is -2.75. The van der Waals surface area contributed by atoms with Crippen LogP contribution in [0.5, 0.6) is 0 Å². The minimum Gasteiger partial charge on any atom is -0.330 e. The molecule has 4 aromatic rings. The highest BCUT2D eigenvalue weighted by Crippen LogP contribution is 2.28. The van der Waals surface area contributed by atoms with Crippen molar-refractivity contribution in [3.63, 3.8) is 0 Å². The third kappa shape index (κ3) is 4.16. The number of thiazole rings is 1. The molecule has 0 aliphatic heterocycles. The molecule has 4 rings (SSSR count). The molecule has 0 fully saturated rings. The van der Waals surface area contributed by atoms with Crippen molar-refractivity contribution in [1.29, 1.82) is 0 Å². The fraction of sp³-hybridized carbons (Fsp3) is 0. The molecule has 27 heavy (non-hydrogen) atoms. The van der Waals surface area contributed by atoms with E-state index in [0.29, 0.717) is 5.69 Å². The molecule has 136 valence electrons. The van der Waals surface area contributed by atoms with Crippen LogP contribution in [-0.4, -0.2) is 18.4 Å². The largest absolute Gasteiger partial charge is 0.330 e. The maximum absolute atomic E-state index is 12.3. The van der Waals surface area contributed by atoms with Crippen LogP contribution in [0.25, 0.3) is 11.3 Å². The van der Waals surface area contributed by atoms with Gasteiger partial charge in [-0.2, -0.15) is 0 Å². The van der Waals surface area contributed by atoms with Crippen LogP contribution in [-0.2, 0) is 10.0 Å². The SMILES string of the molecule is O=S(=O)(Nc1ccc(-c2csc(Nc3cccnc3)n2)cc1)c1cccs1. The number of nitrogens with one attached hydrogen (secondary N) is 2. The normalized spacial score (nSPS) is 11.3. The van der Waals surface area contributed by atoms with E-state index >= 15 is 0 Å². The van der Waals surface area contributed by atoms with Gasteiger partial charge in [0.25, 0.3) is 10.0 Å². The summed E-state index contributed by atoms with van der Waals surface area (Å²) in [5.74, 6) is 0. The van der Waals surface area contributed by atoms with Gasteiger partial charge in [0.05, 0.1) is 17.6 Å². The van der Waals surface area contributed by atoms with E-state index in [1.807, 2.05) is 29.6 Å². The van der Waals surface area contributed by atoms with Crippen molar-refractivity contribution < 1.29 is 8.42 Å². The lowest BCUT2D eigenvalue weighted by Gasteiger charge is -2.06. The standard InChI is InChI=1S/C18H14N4O2S3/c23-27(24,17-4-2-10-25-17)22-14-7-5-13(6-8-14)16-12-26-18(21-16)20-15-3-1-9-19-11-15/h1-12,22H,(H,20,21). The van der Waals surface area contributed by atoms with Gasteiger partial charge in [-0.1, -0.05) is 18.2 Å². The highest BCUT2D eigenvalue weighted by atomic mass is 32.2. The van der Waals surface area contributed by atoms with Gasteiger partial charge in [0.1, 0.15) is 4.21 Å². The number of sulfonamides is 1. The van der Waals surface area contributed by atoms with E-state index in [0.717, 1.165) is 22.1 Å². The van der Waals surface area contributed by atoms with E-state index in [1.165, 1.54) is 22.7 Å². The van der Waals surface area contributed by atoms with Crippen molar-refractivity contribution in [1.82, 2.24) is 9.97 Å². The van der Waals surface area contributed by atoms with Gasteiger partial charge in [-0.05, 0) is 35.7 Å². The van der Waals surface area contributed by atoms with Gasteiger partial charge in [0.2, 0.25) is 0 Å². The first-order chi connectivity index (χ1) is 13.1. The van der Waals surface area contributed by atoms with Gasteiger partial charge in [0.15, 0.2) is 5.13 Å². The van der Waals surface area contributed by atoms with E-state index in [4.69, 9.17) is 0 Å². The molecular formula is C18H14N4O2S3. The molecule has 0 atom stereocenters. The fourth-order valence-electron chi connectivity index (χ4n) is 2.35. The summed E-state index contributed by atoms with van der Waals surface area (Å²) in [5.41, 5.74) is 3.11. The van der Waals surface area contributed by atoms with E-state index in [-0.39, 0.29) is 4.21 Å². The molecule has 0 aliphatic carbocycles. The minimum atomic E-state index is -3.54. The lowest BCUT2D eigenvalue weighted by Crippen LogP contribution is -2.11. The van der Waals surface area contributed by atoms with Crippen molar-refractivity contribution in [3.05, 3.63) is 71.7 Å². The molecule has 1 aromatic carbocycles. The first-order valence-corrected chi connectivity index (χ1v) is 11.1. The molecule has 6 nitrogen and oxygen atoms in total. The number of anilines is 3. The molecule has 0 amide bonds. The van der Waals surface area contributed by atoms with Crippen LogP contribution < -0.4 is 10.0 Å². The lowest BCUT2D eigenvalue weighted by molar-refractivity contribution is 0.603. The second kappa shape index (κ2) is 7.47. The number of hydrogen-bond acceptors (Lipinski definition) is 7. The molecule has 0 saturated carbocycles. The zero-order valence-electron chi connectivity index (χ0n) is 13.9. The number of rotatable bonds is 6. The maximum Gasteiger partial charge on any atom is 0.271 e. The number of pyridine rings is 1. The molecule has 0 unspecified atom stereocenters. The van der Waals surface area contributed by atoms with E-state index in [2.05, 4.69) is 20.0 Å². The highest BCUT2D eigenvalue weighted by Gasteiger charge is 2.15. The predicted octanol–water partition coefficient (Wildman–Crippen LogP) is 4.81. The molecule has 0 spiro atoms. The van der Waals surface area contributed by atoms with Gasteiger partial charge in [-0.25, -0.2) is 13.4 Å². The molecule has 9 heteroatoms. The Labute approximate surface area is 164 Å². The summed E-state index contributed by atoms with van der Waals surface area (Å²) in [6.07, 6.45) is 3.45. The molecular weight excluding hydrogens is 400 g/mol. The molecule has 0 saturated heterocycles. The number of benzene rings is 1. The Morgan fingerprint density at radius 3 is 2.48 bits per heavy atom. The Morgan fingerprint density at radius 2 is 1.78 bits per heavy atom. The van der Waals surface area contributed by atoms with E-state index in [1.54, 1.807) is 42.0 Å². The van der Waals surface area contributed by atoms with Crippen LogP contribution in [0.4, 0.5) is 16.5 Å². The van der Waals surface area contributed by atoms with Crippen molar-refractivity contribution in [3.8, 4) is 11.3 Å². The summed E-state index contributed by atoms with van der Waals surface area (Å²) in [4.78, 5) is 8.63. The summed E-state index contributed by atoms with van der Waals surface area (Å²) in [6, 6.07) is 14.2. The van der Waals surface area contributed by atoms with Crippen LogP contribution in [0.1, 0.15) is 0 Å². The third-order valence-electron chi connectivity index (χ3n) is 3.61. The second-order valence-corrected chi connectivity index (χ2v) is 9.23. The van der Waals surface area contributed by atoms with Crippen molar-refractivity contribution >= 4 is 49.2 Å². The van der Waals surface area contributed by atoms with Crippen molar-refractivity contribution in [2.45, 2.75) is 4.21 Å². The summed E-state index contributed by atoms with van der Waals surface area (Å²) >= 11 is 2.67. The Morgan fingerprint density at radius 1 is 0.926 bits per heavy atom. The van der Waals surface area contributed by atoms with Gasteiger partial charge >= 0.3 is 0 Å². The summed E-state index contributed by atoms with van der Waals surface area (Å²) in [7, 11) is -3.54. The predicted molar refractivity (Wildman–Crippen MR) is 110 cm³/mol. The van der Waals surface area contributed by atoms with E-state index < -0.39 is 10.0 Å². The topological polar surface area (TPSA) is 84.0 Å². The fourth-order valence-corrected chi connectivity index (χ4v) is 5.15. The first kappa shape index (κ1) is 17.7. The van der Waals surface area contributed by atoms with Gasteiger partial charge in [-0.3, -0.25) is 9.71 Å². The number of hydrogen-bond donors (Lipinski definition) is 2. The van der Waals surface area contributed by atoms with Crippen LogP contribution in [0.15, 0.2) is 75.9 Å².